The van der Waals surface area contributed by atoms with Gasteiger partial charge in [-0.25, -0.2) is 0 Å². The Bertz CT molecular complexity index is 3860. The van der Waals surface area contributed by atoms with Gasteiger partial charge < -0.3 is 4.90 Å². The van der Waals surface area contributed by atoms with Gasteiger partial charge in [0.25, 0.3) is 0 Å². The Morgan fingerprint density at radius 3 is 1.33 bits per heavy atom. The fourth-order valence-corrected chi connectivity index (χ4v) is 14.6. The summed E-state index contributed by atoms with van der Waals surface area (Å²) in [4.78, 5) is 2.53. The number of rotatable bonds is 4. The highest BCUT2D eigenvalue weighted by Gasteiger charge is 2.54. The van der Waals surface area contributed by atoms with Crippen LogP contribution in [0.2, 0.25) is 0 Å². The van der Waals surface area contributed by atoms with Gasteiger partial charge in [0.05, 0.1) is 5.41 Å². The molecule has 0 heterocycles. The number of hydrogen-bond acceptors (Lipinski definition) is 1. The van der Waals surface area contributed by atoms with Gasteiger partial charge in [0.1, 0.15) is 0 Å². The first-order valence-electron chi connectivity index (χ1n) is 29.1. The van der Waals surface area contributed by atoms with Crippen LogP contribution in [0.1, 0.15) is 190 Å². The molecule has 1 heteroatoms. The molecule has 0 saturated carbocycles. The molecule has 13 rings (SSSR count). The van der Waals surface area contributed by atoms with Gasteiger partial charge in [0, 0.05) is 27.9 Å². The Kier molecular flexibility index (Phi) is 10.7. The van der Waals surface area contributed by atoms with Crippen molar-refractivity contribution >= 4 is 22.6 Å². The third kappa shape index (κ3) is 7.24. The van der Waals surface area contributed by atoms with Crippen LogP contribution in [0.25, 0.3) is 50.1 Å². The van der Waals surface area contributed by atoms with Crippen molar-refractivity contribution in [3.63, 3.8) is 0 Å². The van der Waals surface area contributed by atoms with Gasteiger partial charge in [-0.1, -0.05) is 232 Å². The third-order valence-electron chi connectivity index (χ3n) is 19.2. The summed E-state index contributed by atoms with van der Waals surface area (Å²) in [6, 6.07) is 60.8. The molecule has 0 fully saturated rings. The zero-order valence-electron chi connectivity index (χ0n) is 49.4. The number of fused-ring (bicyclic) bond motifs is 16. The number of benzene rings is 8. The van der Waals surface area contributed by atoms with E-state index in [4.69, 9.17) is 0 Å². The monoisotopic (exact) mass is 1020 g/mol. The highest BCUT2D eigenvalue weighted by Crippen LogP contribution is 2.66. The minimum atomic E-state index is -0.530. The molecule has 0 amide bonds. The molecule has 0 aliphatic heterocycles. The summed E-state index contributed by atoms with van der Waals surface area (Å²) in [6.07, 6.45) is 7.19. The number of anilines is 3. The molecule has 0 aromatic heterocycles. The Hall–Kier alpha value is -6.96. The minimum absolute atomic E-state index is 0.0301. The first-order chi connectivity index (χ1) is 36.7. The molecule has 8 aromatic carbocycles. The van der Waals surface area contributed by atoms with Gasteiger partial charge >= 0.3 is 0 Å². The van der Waals surface area contributed by atoms with Crippen LogP contribution in [-0.2, 0) is 37.9 Å². The third-order valence-corrected chi connectivity index (χ3v) is 19.2. The van der Waals surface area contributed by atoms with Crippen molar-refractivity contribution in [3.8, 4) is 44.5 Å². The summed E-state index contributed by atoms with van der Waals surface area (Å²) in [5, 5.41) is 0. The fraction of sp³-hybridized carbons (Fsp3) is 0.325. The maximum atomic E-state index is 2.63. The van der Waals surface area contributed by atoms with E-state index < -0.39 is 5.41 Å². The molecule has 0 N–H and O–H groups in total. The van der Waals surface area contributed by atoms with E-state index in [2.05, 4.69) is 279 Å². The Morgan fingerprint density at radius 1 is 0.333 bits per heavy atom. The highest BCUT2D eigenvalue weighted by atomic mass is 15.1. The average Bonchev–Trinajstić information content (AvgIpc) is 3.14. The second-order valence-electron chi connectivity index (χ2n) is 28.9. The Balaban J connectivity index is 1.05. The van der Waals surface area contributed by atoms with Crippen molar-refractivity contribution in [1.82, 2.24) is 0 Å². The summed E-state index contributed by atoms with van der Waals surface area (Å²) in [6.45, 7) is 38.2. The lowest BCUT2D eigenvalue weighted by molar-refractivity contribution is 0.583. The van der Waals surface area contributed by atoms with Crippen molar-refractivity contribution < 1.29 is 0 Å². The number of nitrogens with zero attached hydrogens (tertiary/aromatic N) is 1. The standard InChI is InChI=1S/C77H79N/c1-71(2,3)47-27-34-58-59-35-28-48(72(4,5)6)41-67(59)77(66(58)40-47)68-42-49(73(7,8)9)29-36-60(68)70-61(39-50(43-69(70)77)74(10,11)12)46-25-30-51(31-26-46)78(52-32-37-56-54-21-17-19-23-62(54)75(13,14)64(56)44-52)53-33-38-57-55-22-18-20-24-63(55)76(15,16)65(57)45-53/h17,19,21-45H,18,20H2,1-16H3. The molecule has 1 spiro atoms. The Morgan fingerprint density at radius 2 is 0.769 bits per heavy atom. The Labute approximate surface area is 467 Å². The molecule has 0 atom stereocenters. The minimum Gasteiger partial charge on any atom is -0.310 e. The second kappa shape index (κ2) is 16.5. The van der Waals surface area contributed by atoms with Crippen LogP contribution in [0.15, 0.2) is 169 Å². The average molecular weight is 1020 g/mol. The van der Waals surface area contributed by atoms with E-state index in [0.29, 0.717) is 0 Å². The topological polar surface area (TPSA) is 3.24 Å². The van der Waals surface area contributed by atoms with Gasteiger partial charge in [0.15, 0.2) is 0 Å². The molecule has 5 aliphatic rings. The fourth-order valence-electron chi connectivity index (χ4n) is 14.6. The summed E-state index contributed by atoms with van der Waals surface area (Å²) in [5.41, 5.74) is 32.7. The van der Waals surface area contributed by atoms with E-state index in [9.17, 15) is 0 Å². The zero-order chi connectivity index (χ0) is 55.0. The van der Waals surface area contributed by atoms with Crippen molar-refractivity contribution in [3.05, 3.63) is 236 Å². The van der Waals surface area contributed by atoms with E-state index in [1.165, 1.54) is 134 Å². The van der Waals surface area contributed by atoms with Crippen LogP contribution in [0.3, 0.4) is 0 Å². The van der Waals surface area contributed by atoms with Crippen molar-refractivity contribution in [1.29, 1.82) is 0 Å². The molecule has 0 bridgehead atoms. The SMILES string of the molecule is CC(C)(C)c1ccc2c(c1)C1(c3cc(C(C)(C)C)ccc3-2)c2cc(C(C)(C)C)ccc2-c2c(-c3ccc(N(c4ccc5c(c4)C(C)(C)C4=CCCC=C45)c4ccc5c(c4)C(C)(C)c4ccccc4-5)cc3)cc(C(C)(C)C)cc21. The predicted molar refractivity (Wildman–Crippen MR) is 334 cm³/mol. The molecule has 392 valence electrons. The van der Waals surface area contributed by atoms with Crippen LogP contribution in [0.5, 0.6) is 0 Å². The molecule has 78 heavy (non-hydrogen) atoms. The second-order valence-corrected chi connectivity index (χ2v) is 28.9. The quantitative estimate of drug-likeness (QED) is 0.170. The number of allylic oxidation sites excluding steroid dienone is 4. The smallest absolute Gasteiger partial charge is 0.0726 e. The largest absolute Gasteiger partial charge is 0.310 e. The molecule has 8 aromatic rings. The molecule has 1 nitrogen and oxygen atoms in total. The lowest BCUT2D eigenvalue weighted by Gasteiger charge is -2.34. The van der Waals surface area contributed by atoms with E-state index in [1.807, 2.05) is 0 Å². The summed E-state index contributed by atoms with van der Waals surface area (Å²) < 4.78 is 0. The maximum absolute atomic E-state index is 2.63. The van der Waals surface area contributed by atoms with Crippen LogP contribution in [-0.4, -0.2) is 0 Å². The van der Waals surface area contributed by atoms with E-state index in [0.717, 1.165) is 18.5 Å². The van der Waals surface area contributed by atoms with E-state index >= 15 is 0 Å². The lowest BCUT2D eigenvalue weighted by Crippen LogP contribution is -2.28. The van der Waals surface area contributed by atoms with Crippen molar-refractivity contribution in [2.24, 2.45) is 0 Å². The van der Waals surface area contributed by atoms with Gasteiger partial charge in [-0.3, -0.25) is 0 Å². The molecular weight excluding hydrogens is 939 g/mol. The molecule has 0 saturated heterocycles. The first kappa shape index (κ1) is 50.5. The molecule has 5 aliphatic carbocycles. The molecule has 0 radical (unpaired) electrons. The van der Waals surface area contributed by atoms with Crippen LogP contribution in [0, 0.1) is 0 Å². The van der Waals surface area contributed by atoms with E-state index in [1.54, 1.807) is 0 Å². The molecule has 0 unspecified atom stereocenters. The van der Waals surface area contributed by atoms with Gasteiger partial charge in [-0.15, -0.1) is 0 Å². The van der Waals surface area contributed by atoms with E-state index in [-0.39, 0.29) is 32.5 Å². The normalized spacial score (nSPS) is 16.8. The summed E-state index contributed by atoms with van der Waals surface area (Å²) >= 11 is 0. The van der Waals surface area contributed by atoms with Crippen LogP contribution in [0.4, 0.5) is 17.1 Å². The van der Waals surface area contributed by atoms with Gasteiger partial charge in [-0.2, -0.15) is 0 Å². The summed E-state index contributed by atoms with van der Waals surface area (Å²) in [7, 11) is 0. The predicted octanol–water partition coefficient (Wildman–Crippen LogP) is 21.1. The summed E-state index contributed by atoms with van der Waals surface area (Å²) in [5.74, 6) is 0. The van der Waals surface area contributed by atoms with Gasteiger partial charge in [0.2, 0.25) is 0 Å². The van der Waals surface area contributed by atoms with Gasteiger partial charge in [-0.05, 0) is 199 Å². The lowest BCUT2D eigenvalue weighted by atomic mass is 9.67. The van der Waals surface area contributed by atoms with Crippen LogP contribution < -0.4 is 4.90 Å². The van der Waals surface area contributed by atoms with Crippen molar-refractivity contribution in [2.45, 2.75) is 162 Å². The van der Waals surface area contributed by atoms with Crippen LogP contribution >= 0.6 is 0 Å². The molecular formula is C77H79N. The zero-order valence-corrected chi connectivity index (χ0v) is 49.4. The van der Waals surface area contributed by atoms with Crippen molar-refractivity contribution in [2.75, 3.05) is 4.90 Å². The highest BCUT2D eigenvalue weighted by molar-refractivity contribution is 6.01. The maximum Gasteiger partial charge on any atom is 0.0726 e. The number of hydrogen-bond donors (Lipinski definition) is 0. The first-order valence-corrected chi connectivity index (χ1v) is 29.1.